The molecule has 0 saturated heterocycles. The average Bonchev–Trinajstić information content (AvgIpc) is 2.93. The first kappa shape index (κ1) is 22.9. The van der Waals surface area contributed by atoms with Crippen molar-refractivity contribution in [3.63, 3.8) is 0 Å². The number of ketones is 1. The van der Waals surface area contributed by atoms with Gasteiger partial charge in [0.1, 0.15) is 47.0 Å². The lowest BCUT2D eigenvalue weighted by atomic mass is 10.0. The van der Waals surface area contributed by atoms with Gasteiger partial charge in [-0.15, -0.1) is 0 Å². The van der Waals surface area contributed by atoms with Gasteiger partial charge in [-0.05, 0) is 36.4 Å². The maximum Gasteiger partial charge on any atom is 0.194 e. The predicted molar refractivity (Wildman–Crippen MR) is 139 cm³/mol. The fourth-order valence-electron chi connectivity index (χ4n) is 4.19. The maximum absolute atomic E-state index is 13.7. The molecule has 3 nitrogen and oxygen atoms in total. The van der Waals surface area contributed by atoms with Gasteiger partial charge >= 0.3 is 0 Å². The molecule has 0 bridgehead atoms. The molecule has 0 unspecified atom stereocenters. The van der Waals surface area contributed by atoms with Gasteiger partial charge in [-0.1, -0.05) is 84.9 Å². The number of benzene rings is 4. The minimum atomic E-state index is -2.44. The number of carbonyl (C=O) groups excluding carboxylic acids is 1. The molecule has 0 atom stereocenters. The van der Waals surface area contributed by atoms with Crippen LogP contribution in [0.5, 0.6) is 0 Å². The number of hydrogen-bond donors (Lipinski definition) is 0. The molecule has 0 N–H and O–H groups in total. The standard InChI is InChI=1S/C30H22N2OP/c31-21-25(22-32)29(30(33)24-13-5-1-6-14-24)23-34(26-15-7-2-8-16-26,27-17-9-3-10-18-27)28-19-11-4-12-20-28/h1-20H,23H2/q+1. The van der Waals surface area contributed by atoms with Crippen molar-refractivity contribution in [2.24, 2.45) is 0 Å². The second-order valence-corrected chi connectivity index (χ2v) is 11.2. The number of carbonyl (C=O) groups is 1. The van der Waals surface area contributed by atoms with Gasteiger partial charge in [-0.3, -0.25) is 4.79 Å². The minimum Gasteiger partial charge on any atom is -0.289 e. The van der Waals surface area contributed by atoms with Crippen molar-refractivity contribution in [2.45, 2.75) is 0 Å². The molecule has 0 aliphatic rings. The molecule has 4 aromatic carbocycles. The van der Waals surface area contributed by atoms with E-state index in [1.807, 2.05) is 72.8 Å². The van der Waals surface area contributed by atoms with Crippen LogP contribution < -0.4 is 15.9 Å². The van der Waals surface area contributed by atoms with Crippen LogP contribution in [0.25, 0.3) is 0 Å². The fourth-order valence-corrected chi connectivity index (χ4v) is 8.46. The van der Waals surface area contributed by atoms with Crippen molar-refractivity contribution in [1.29, 1.82) is 10.5 Å². The van der Waals surface area contributed by atoms with Crippen molar-refractivity contribution in [1.82, 2.24) is 0 Å². The molecule has 4 rings (SSSR count). The SMILES string of the molecule is N#CC(C#N)=C(C[P+](c1ccccc1)(c1ccccc1)c1ccccc1)C(=O)c1ccccc1. The Kier molecular flexibility index (Phi) is 7.10. The van der Waals surface area contributed by atoms with Crippen LogP contribution in [0.15, 0.2) is 132 Å². The smallest absolute Gasteiger partial charge is 0.194 e. The van der Waals surface area contributed by atoms with Crippen molar-refractivity contribution in [3.8, 4) is 12.1 Å². The molecule has 0 aromatic heterocycles. The monoisotopic (exact) mass is 457 g/mol. The number of Topliss-reactive ketones (excluding diaryl/α,β-unsaturated/α-hetero) is 1. The van der Waals surface area contributed by atoms with Crippen LogP contribution in [0.1, 0.15) is 10.4 Å². The van der Waals surface area contributed by atoms with E-state index < -0.39 is 7.26 Å². The van der Waals surface area contributed by atoms with Crippen LogP contribution in [-0.4, -0.2) is 11.9 Å². The van der Waals surface area contributed by atoms with Crippen LogP contribution in [0, 0.1) is 22.7 Å². The van der Waals surface area contributed by atoms with E-state index in [1.165, 1.54) is 0 Å². The second kappa shape index (κ2) is 10.5. The molecule has 0 radical (unpaired) electrons. The number of nitrogens with zero attached hydrogens (tertiary/aromatic N) is 2. The van der Waals surface area contributed by atoms with Crippen molar-refractivity contribution in [2.75, 3.05) is 6.16 Å². The Morgan fingerprint density at radius 2 is 0.941 bits per heavy atom. The highest BCUT2D eigenvalue weighted by Crippen LogP contribution is 2.57. The zero-order chi connectivity index (χ0) is 23.8. The Morgan fingerprint density at radius 1 is 0.588 bits per heavy atom. The first-order valence-corrected chi connectivity index (χ1v) is 12.9. The first-order chi connectivity index (χ1) is 16.7. The summed E-state index contributed by atoms with van der Waals surface area (Å²) in [6, 6.07) is 43.2. The van der Waals surface area contributed by atoms with Crippen LogP contribution in [0.4, 0.5) is 0 Å². The molecule has 0 aliphatic heterocycles. The van der Waals surface area contributed by atoms with E-state index >= 15 is 0 Å². The van der Waals surface area contributed by atoms with Gasteiger partial charge in [0.15, 0.2) is 5.78 Å². The molecule has 0 saturated carbocycles. The third-order valence-corrected chi connectivity index (χ3v) is 10.2. The Morgan fingerprint density at radius 3 is 1.29 bits per heavy atom. The van der Waals surface area contributed by atoms with Gasteiger partial charge in [0.25, 0.3) is 0 Å². The second-order valence-electron chi connectivity index (χ2n) is 7.75. The molecule has 0 heterocycles. The van der Waals surface area contributed by atoms with E-state index in [9.17, 15) is 15.3 Å². The summed E-state index contributed by atoms with van der Waals surface area (Å²) in [6.45, 7) is 0. The predicted octanol–water partition coefficient (Wildman–Crippen LogP) is 5.21. The molecule has 0 aliphatic carbocycles. The largest absolute Gasteiger partial charge is 0.289 e. The molecule has 4 heteroatoms. The number of allylic oxidation sites excluding steroid dienone is 2. The Bertz CT molecular complexity index is 1270. The molecule has 0 spiro atoms. The number of hydrogen-bond acceptors (Lipinski definition) is 3. The normalized spacial score (nSPS) is 10.5. The summed E-state index contributed by atoms with van der Waals surface area (Å²) >= 11 is 0. The van der Waals surface area contributed by atoms with Gasteiger partial charge in [-0.25, -0.2) is 0 Å². The lowest BCUT2D eigenvalue weighted by Gasteiger charge is -2.28. The third kappa shape index (κ3) is 4.44. The molecule has 34 heavy (non-hydrogen) atoms. The fraction of sp³-hybridized carbons (Fsp3) is 0.0333. The van der Waals surface area contributed by atoms with Gasteiger partial charge in [0.05, 0.1) is 5.57 Å². The first-order valence-electron chi connectivity index (χ1n) is 10.9. The molecule has 0 amide bonds. The van der Waals surface area contributed by atoms with E-state index in [0.717, 1.165) is 15.9 Å². The zero-order valence-electron chi connectivity index (χ0n) is 18.5. The molecular formula is C30H22N2OP+. The lowest BCUT2D eigenvalue weighted by Crippen LogP contribution is -2.35. The summed E-state index contributed by atoms with van der Waals surface area (Å²) < 4.78 is 0. The van der Waals surface area contributed by atoms with E-state index in [0.29, 0.717) is 5.56 Å². The summed E-state index contributed by atoms with van der Waals surface area (Å²) in [7, 11) is -2.44. The molecule has 4 aromatic rings. The van der Waals surface area contributed by atoms with Crippen LogP contribution >= 0.6 is 7.26 Å². The highest BCUT2D eigenvalue weighted by Gasteiger charge is 2.47. The molecule has 162 valence electrons. The van der Waals surface area contributed by atoms with Crippen LogP contribution in [0.2, 0.25) is 0 Å². The van der Waals surface area contributed by atoms with Gasteiger partial charge in [-0.2, -0.15) is 10.5 Å². The highest BCUT2D eigenvalue weighted by atomic mass is 31.2. The minimum absolute atomic E-state index is 0.138. The number of nitriles is 2. The van der Waals surface area contributed by atoms with Crippen LogP contribution in [-0.2, 0) is 0 Å². The highest BCUT2D eigenvalue weighted by molar-refractivity contribution is 7.95. The summed E-state index contributed by atoms with van der Waals surface area (Å²) in [5, 5.41) is 22.9. The molecule has 0 fully saturated rings. The Labute approximate surface area is 200 Å². The van der Waals surface area contributed by atoms with E-state index in [-0.39, 0.29) is 23.1 Å². The third-order valence-electron chi connectivity index (χ3n) is 5.82. The van der Waals surface area contributed by atoms with E-state index in [2.05, 4.69) is 36.4 Å². The summed E-state index contributed by atoms with van der Waals surface area (Å²) in [5.74, 6) is -0.286. The van der Waals surface area contributed by atoms with Gasteiger partial charge in [0.2, 0.25) is 0 Å². The van der Waals surface area contributed by atoms with E-state index in [1.54, 1.807) is 24.3 Å². The Hall–Kier alpha value is -4.30. The molecular weight excluding hydrogens is 435 g/mol. The summed E-state index contributed by atoms with van der Waals surface area (Å²) in [5.41, 5.74) is 0.579. The zero-order valence-corrected chi connectivity index (χ0v) is 19.4. The quantitative estimate of drug-likeness (QED) is 0.166. The number of rotatable bonds is 7. The average molecular weight is 457 g/mol. The Balaban J connectivity index is 2.04. The van der Waals surface area contributed by atoms with Crippen molar-refractivity contribution < 1.29 is 4.79 Å². The van der Waals surface area contributed by atoms with Crippen molar-refractivity contribution in [3.05, 3.63) is 138 Å². The van der Waals surface area contributed by atoms with Crippen LogP contribution in [0.3, 0.4) is 0 Å². The van der Waals surface area contributed by atoms with E-state index in [4.69, 9.17) is 0 Å². The maximum atomic E-state index is 13.7. The topological polar surface area (TPSA) is 64.7 Å². The summed E-state index contributed by atoms with van der Waals surface area (Å²) in [4.78, 5) is 13.7. The van der Waals surface area contributed by atoms with Crippen molar-refractivity contribution >= 4 is 29.0 Å². The lowest BCUT2D eigenvalue weighted by molar-refractivity contribution is 0.103. The summed E-state index contributed by atoms with van der Waals surface area (Å²) in [6.07, 6.45) is 0.273. The van der Waals surface area contributed by atoms with Gasteiger partial charge < -0.3 is 0 Å². The van der Waals surface area contributed by atoms with Gasteiger partial charge in [0, 0.05) is 5.56 Å².